The van der Waals surface area contributed by atoms with Crippen LogP contribution in [0.4, 0.5) is 24.5 Å². The Balaban J connectivity index is 1.12. The summed E-state index contributed by atoms with van der Waals surface area (Å²) in [5.74, 6) is -3.16. The van der Waals surface area contributed by atoms with Gasteiger partial charge < -0.3 is 15.0 Å². The van der Waals surface area contributed by atoms with Crippen molar-refractivity contribution in [3.05, 3.63) is 104 Å². The number of halogens is 3. The number of aromatic nitrogens is 1. The number of benzene rings is 3. The number of aromatic amines is 1. The van der Waals surface area contributed by atoms with Crippen LogP contribution < -0.4 is 19.8 Å². The summed E-state index contributed by atoms with van der Waals surface area (Å²) in [7, 11) is 0. The van der Waals surface area contributed by atoms with Gasteiger partial charge >= 0.3 is 11.0 Å². The Hall–Kier alpha value is -4.36. The minimum Gasteiger partial charge on any atom is -0.483 e. The number of H-pyrrole nitrogens is 1. The lowest BCUT2D eigenvalue weighted by molar-refractivity contribution is -0.137. The molecule has 0 spiro atoms. The molecule has 2 aliphatic carbocycles. The number of carbonyl (C=O) groups is 3. The zero-order valence-corrected chi connectivity index (χ0v) is 27.0. The van der Waals surface area contributed by atoms with E-state index in [1.165, 1.54) is 23.9 Å². The molecule has 0 unspecified atom stereocenters. The van der Waals surface area contributed by atoms with Gasteiger partial charge in [-0.1, -0.05) is 53.8 Å². The Morgan fingerprint density at radius 2 is 1.71 bits per heavy atom. The molecule has 2 N–H and O–H groups in total. The molecule has 2 saturated carbocycles. The SMILES string of the molecule is Cc1ccccc1NC(=O)COc1ccccc1[C@@H]1c2sc(=O)[nH]c2S[C@@H]2[C@@H]3C[C@@H]([C@@H]4C(=O)N(c5cccc(C(F)(F)F)c5)C(=O)[C@@H]34)[C@H]12. The quantitative estimate of drug-likeness (QED) is 0.225. The van der Waals surface area contributed by atoms with E-state index in [0.29, 0.717) is 22.9 Å². The summed E-state index contributed by atoms with van der Waals surface area (Å²) in [5, 5.41) is 3.45. The highest BCUT2D eigenvalue weighted by molar-refractivity contribution is 8.00. The lowest BCUT2D eigenvalue weighted by Crippen LogP contribution is -2.42. The van der Waals surface area contributed by atoms with Crippen LogP contribution in [0.3, 0.4) is 0 Å². The third-order valence-corrected chi connectivity index (χ3v) is 12.8. The van der Waals surface area contributed by atoms with Gasteiger partial charge in [0.15, 0.2) is 6.61 Å². The zero-order chi connectivity index (χ0) is 33.5. The average molecular weight is 692 g/mol. The second-order valence-corrected chi connectivity index (χ2v) is 14.9. The number of hydrogen-bond donors (Lipinski definition) is 2. The van der Waals surface area contributed by atoms with Crippen LogP contribution in [-0.2, 0) is 20.6 Å². The summed E-state index contributed by atoms with van der Waals surface area (Å²) in [5.41, 5.74) is 1.35. The van der Waals surface area contributed by atoms with Gasteiger partial charge in [0, 0.05) is 27.3 Å². The number of amides is 3. The lowest BCUT2D eigenvalue weighted by Gasteiger charge is -2.43. The Labute approximate surface area is 280 Å². The van der Waals surface area contributed by atoms with Gasteiger partial charge in [-0.15, -0.1) is 11.8 Å². The molecule has 3 heterocycles. The first-order chi connectivity index (χ1) is 23.0. The summed E-state index contributed by atoms with van der Waals surface area (Å²) >= 11 is 2.61. The van der Waals surface area contributed by atoms with Gasteiger partial charge in [0.1, 0.15) is 5.75 Å². The molecule has 0 radical (unpaired) electrons. The van der Waals surface area contributed by atoms with Crippen LogP contribution in [0.5, 0.6) is 5.75 Å². The number of fused-ring (bicyclic) bond motifs is 9. The number of nitrogens with zero attached hydrogens (tertiary/aromatic N) is 1. The molecule has 3 amide bonds. The van der Waals surface area contributed by atoms with E-state index >= 15 is 0 Å². The van der Waals surface area contributed by atoms with Gasteiger partial charge in [0.2, 0.25) is 11.8 Å². The normalized spacial score (nSPS) is 27.1. The first kappa shape index (κ1) is 30.9. The highest BCUT2D eigenvalue weighted by Crippen LogP contribution is 2.69. The average Bonchev–Trinajstić information content (AvgIpc) is 3.79. The molecule has 3 aromatic carbocycles. The fourth-order valence-electron chi connectivity index (χ4n) is 8.35. The molecule has 7 atom stereocenters. The van der Waals surface area contributed by atoms with E-state index in [-0.39, 0.29) is 52.0 Å². The van der Waals surface area contributed by atoms with Gasteiger partial charge in [-0.25, -0.2) is 0 Å². The van der Waals surface area contributed by atoms with Crippen LogP contribution in [0.2, 0.25) is 0 Å². The number of ether oxygens (including phenoxy) is 1. The van der Waals surface area contributed by atoms with Gasteiger partial charge in [-0.3, -0.25) is 24.1 Å². The van der Waals surface area contributed by atoms with Gasteiger partial charge in [-0.05, 0) is 67.0 Å². The molecule has 8 rings (SSSR count). The van der Waals surface area contributed by atoms with E-state index in [4.69, 9.17) is 4.74 Å². The monoisotopic (exact) mass is 691 g/mol. The number of carbonyl (C=O) groups excluding carboxylic acids is 3. The predicted molar refractivity (Wildman–Crippen MR) is 174 cm³/mol. The summed E-state index contributed by atoms with van der Waals surface area (Å²) in [6.07, 6.45) is -4.01. The number of thioether (sulfide) groups is 1. The molecule has 3 fully saturated rings. The molecular weight excluding hydrogens is 664 g/mol. The van der Waals surface area contributed by atoms with Crippen molar-refractivity contribution >= 4 is 52.2 Å². The number of rotatable bonds is 6. The van der Waals surface area contributed by atoms with Crippen molar-refractivity contribution in [2.45, 2.75) is 35.7 Å². The Bertz CT molecular complexity index is 2040. The molecule has 1 aromatic heterocycles. The molecule has 1 saturated heterocycles. The van der Waals surface area contributed by atoms with Crippen LogP contribution in [0.1, 0.15) is 33.9 Å². The minimum atomic E-state index is -4.62. The number of imide groups is 1. The first-order valence-corrected chi connectivity index (χ1v) is 17.2. The number of hydrogen-bond acceptors (Lipinski definition) is 7. The number of nitrogens with one attached hydrogen (secondary N) is 2. The van der Waals surface area contributed by atoms with Gasteiger partial charge in [0.25, 0.3) is 5.91 Å². The first-order valence-electron chi connectivity index (χ1n) is 15.5. The number of para-hydroxylation sites is 2. The largest absolute Gasteiger partial charge is 0.483 e. The molecular formula is C35H28F3N3O5S2. The molecule has 4 aromatic rings. The maximum absolute atomic E-state index is 14.0. The summed E-state index contributed by atoms with van der Waals surface area (Å²) in [6.45, 7) is 1.64. The third-order valence-electron chi connectivity index (χ3n) is 10.2. The van der Waals surface area contributed by atoms with E-state index in [2.05, 4.69) is 10.3 Å². The smallest absolute Gasteiger partial charge is 0.416 e. The topological polar surface area (TPSA) is 109 Å². The van der Waals surface area contributed by atoms with Crippen molar-refractivity contribution < 1.29 is 32.3 Å². The molecule has 4 aliphatic rings. The second kappa shape index (κ2) is 11.4. The third kappa shape index (κ3) is 4.89. The van der Waals surface area contributed by atoms with E-state index in [1.807, 2.05) is 43.3 Å². The van der Waals surface area contributed by atoms with Crippen LogP contribution in [0.15, 0.2) is 82.6 Å². The predicted octanol–water partition coefficient (Wildman–Crippen LogP) is 6.46. The van der Waals surface area contributed by atoms with E-state index < -0.39 is 35.4 Å². The molecule has 48 heavy (non-hydrogen) atoms. The molecule has 13 heteroatoms. The summed E-state index contributed by atoms with van der Waals surface area (Å²) < 4.78 is 46.8. The maximum atomic E-state index is 14.0. The standard InChI is InChI=1S/C35H28F3N3O5S2/c1-16-7-2-4-11-22(16)39-24(42)15-46-23-12-5-3-10-19(23)25-26-20-14-21(29(26)47-31-30(25)48-34(45)40-31)28-27(20)32(43)41(33(28)44)18-9-6-8-17(13-18)35(36,37)38/h2-13,20-21,25-29H,14-15H2,1H3,(H,39,42)(H,40,45)/t20-,21-,25+,26-,27+,28+,29-/m1/s1. The maximum Gasteiger partial charge on any atom is 0.416 e. The van der Waals surface area contributed by atoms with Crippen molar-refractivity contribution in [3.63, 3.8) is 0 Å². The molecule has 8 nitrogen and oxygen atoms in total. The zero-order valence-electron chi connectivity index (χ0n) is 25.3. The van der Waals surface area contributed by atoms with Crippen molar-refractivity contribution in [1.29, 1.82) is 0 Å². The molecule has 2 bridgehead atoms. The fraction of sp³-hybridized carbons (Fsp3) is 0.314. The van der Waals surface area contributed by atoms with Crippen molar-refractivity contribution in [3.8, 4) is 5.75 Å². The van der Waals surface area contributed by atoms with Crippen LogP contribution in [0, 0.1) is 36.5 Å². The van der Waals surface area contributed by atoms with Crippen LogP contribution in [-0.4, -0.2) is 34.6 Å². The highest BCUT2D eigenvalue weighted by atomic mass is 32.2. The minimum absolute atomic E-state index is 0.0769. The number of alkyl halides is 3. The van der Waals surface area contributed by atoms with Crippen molar-refractivity contribution in [2.75, 3.05) is 16.8 Å². The van der Waals surface area contributed by atoms with E-state index in [0.717, 1.165) is 44.4 Å². The number of thiazole rings is 1. The lowest BCUT2D eigenvalue weighted by atomic mass is 9.68. The number of aryl methyl sites for hydroxylation is 1. The van der Waals surface area contributed by atoms with Crippen molar-refractivity contribution in [2.24, 2.45) is 29.6 Å². The van der Waals surface area contributed by atoms with Gasteiger partial charge in [-0.2, -0.15) is 13.2 Å². The summed E-state index contributed by atoms with van der Waals surface area (Å²) in [4.78, 5) is 58.0. The Kier molecular flexibility index (Phi) is 7.33. The molecule has 246 valence electrons. The highest BCUT2D eigenvalue weighted by Gasteiger charge is 2.70. The second-order valence-electron chi connectivity index (χ2n) is 12.7. The molecule has 2 aliphatic heterocycles. The number of anilines is 2. The van der Waals surface area contributed by atoms with Gasteiger partial charge in [0.05, 0.1) is 28.1 Å². The Morgan fingerprint density at radius 1 is 0.979 bits per heavy atom. The van der Waals surface area contributed by atoms with Crippen LogP contribution >= 0.6 is 23.1 Å². The van der Waals surface area contributed by atoms with Crippen LogP contribution in [0.25, 0.3) is 0 Å². The van der Waals surface area contributed by atoms with E-state index in [1.54, 1.807) is 12.1 Å². The van der Waals surface area contributed by atoms with Crippen molar-refractivity contribution in [1.82, 2.24) is 4.98 Å². The van der Waals surface area contributed by atoms with E-state index in [9.17, 15) is 32.3 Å². The fourth-order valence-corrected chi connectivity index (χ4v) is 11.2. The Morgan fingerprint density at radius 3 is 2.48 bits per heavy atom. The summed E-state index contributed by atoms with van der Waals surface area (Å²) in [6, 6.07) is 19.1.